The SMILES string of the molecule is Nc1ccc(Cl)c(CN2CC(=O)Nc3ccccc32)n1. The molecule has 102 valence electrons. The van der Waals surface area contributed by atoms with Gasteiger partial charge >= 0.3 is 0 Å². The van der Waals surface area contributed by atoms with Gasteiger partial charge in [-0.3, -0.25) is 4.79 Å². The molecule has 0 spiro atoms. The molecule has 0 aliphatic carbocycles. The Bertz CT molecular complexity index is 674. The molecule has 0 unspecified atom stereocenters. The van der Waals surface area contributed by atoms with Gasteiger partial charge in [0.1, 0.15) is 5.82 Å². The molecule has 1 aromatic carbocycles. The number of fused-ring (bicyclic) bond motifs is 1. The highest BCUT2D eigenvalue weighted by Gasteiger charge is 2.22. The smallest absolute Gasteiger partial charge is 0.243 e. The van der Waals surface area contributed by atoms with Crippen LogP contribution < -0.4 is 16.0 Å². The Morgan fingerprint density at radius 1 is 1.30 bits per heavy atom. The zero-order valence-corrected chi connectivity index (χ0v) is 11.4. The fourth-order valence-corrected chi connectivity index (χ4v) is 2.40. The molecule has 0 atom stereocenters. The molecule has 2 heterocycles. The van der Waals surface area contributed by atoms with Gasteiger partial charge in [0.25, 0.3) is 0 Å². The third-order valence-corrected chi connectivity index (χ3v) is 3.48. The van der Waals surface area contributed by atoms with Crippen molar-refractivity contribution in [3.63, 3.8) is 0 Å². The molecule has 0 bridgehead atoms. The summed E-state index contributed by atoms with van der Waals surface area (Å²) in [6.45, 7) is 0.706. The van der Waals surface area contributed by atoms with Crippen LogP contribution in [0.15, 0.2) is 36.4 Å². The molecule has 1 aliphatic rings. The number of anilines is 3. The van der Waals surface area contributed by atoms with Gasteiger partial charge in [0.15, 0.2) is 0 Å². The molecule has 0 saturated heterocycles. The highest BCUT2D eigenvalue weighted by atomic mass is 35.5. The molecule has 1 aliphatic heterocycles. The number of pyridine rings is 1. The molecule has 5 nitrogen and oxygen atoms in total. The Hall–Kier alpha value is -2.27. The standard InChI is InChI=1S/C14H13ClN4O/c15-9-5-6-13(16)17-11(9)7-19-8-14(20)18-10-3-1-2-4-12(10)19/h1-6H,7-8H2,(H2,16,17)(H,18,20). The van der Waals surface area contributed by atoms with Crippen molar-refractivity contribution in [3.8, 4) is 0 Å². The first kappa shape index (κ1) is 12.7. The number of carbonyl (C=O) groups is 1. The number of nitrogens with one attached hydrogen (secondary N) is 1. The minimum atomic E-state index is -0.0521. The first-order chi connectivity index (χ1) is 9.63. The van der Waals surface area contributed by atoms with Crippen LogP contribution in [0.2, 0.25) is 5.02 Å². The van der Waals surface area contributed by atoms with Gasteiger partial charge < -0.3 is 16.0 Å². The number of aromatic nitrogens is 1. The number of benzene rings is 1. The first-order valence-corrected chi connectivity index (χ1v) is 6.56. The summed E-state index contributed by atoms with van der Waals surface area (Å²) in [4.78, 5) is 17.9. The van der Waals surface area contributed by atoms with E-state index in [1.165, 1.54) is 0 Å². The van der Waals surface area contributed by atoms with Crippen molar-refractivity contribution in [2.45, 2.75) is 6.54 Å². The number of nitrogens with zero attached hydrogens (tertiary/aromatic N) is 2. The maximum Gasteiger partial charge on any atom is 0.243 e. The van der Waals surface area contributed by atoms with Gasteiger partial charge in [-0.15, -0.1) is 0 Å². The van der Waals surface area contributed by atoms with Crippen LogP contribution in [0.5, 0.6) is 0 Å². The number of amides is 1. The van der Waals surface area contributed by atoms with Crippen molar-refractivity contribution in [2.24, 2.45) is 0 Å². The van der Waals surface area contributed by atoms with Crippen LogP contribution in [0.1, 0.15) is 5.69 Å². The van der Waals surface area contributed by atoms with Crippen LogP contribution in [0.25, 0.3) is 0 Å². The van der Waals surface area contributed by atoms with E-state index in [0.29, 0.717) is 23.1 Å². The fraction of sp³-hybridized carbons (Fsp3) is 0.143. The Balaban J connectivity index is 1.95. The normalized spacial score (nSPS) is 13.8. The average molecular weight is 289 g/mol. The lowest BCUT2D eigenvalue weighted by atomic mass is 10.2. The highest BCUT2D eigenvalue weighted by molar-refractivity contribution is 6.31. The summed E-state index contributed by atoms with van der Waals surface area (Å²) in [5.74, 6) is 0.364. The largest absolute Gasteiger partial charge is 0.384 e. The number of nitrogens with two attached hydrogens (primary N) is 1. The quantitative estimate of drug-likeness (QED) is 0.889. The summed E-state index contributed by atoms with van der Waals surface area (Å²) < 4.78 is 0. The lowest BCUT2D eigenvalue weighted by molar-refractivity contribution is -0.115. The average Bonchev–Trinajstić information content (AvgIpc) is 2.43. The summed E-state index contributed by atoms with van der Waals surface area (Å²) in [5, 5.41) is 3.39. The number of hydrogen-bond acceptors (Lipinski definition) is 4. The van der Waals surface area contributed by atoms with E-state index in [9.17, 15) is 4.79 Å². The molecule has 1 aromatic heterocycles. The van der Waals surface area contributed by atoms with Crippen molar-refractivity contribution in [1.29, 1.82) is 0 Å². The summed E-state index contributed by atoms with van der Waals surface area (Å²) in [6, 6.07) is 11.0. The zero-order valence-electron chi connectivity index (χ0n) is 10.6. The lowest BCUT2D eigenvalue weighted by Gasteiger charge is -2.30. The molecule has 0 radical (unpaired) electrons. The number of hydrogen-bond donors (Lipinski definition) is 2. The second kappa shape index (κ2) is 5.02. The predicted octanol–water partition coefficient (Wildman–Crippen LogP) is 2.28. The molecule has 3 N–H and O–H groups in total. The number of nitrogen functional groups attached to an aromatic ring is 1. The van der Waals surface area contributed by atoms with E-state index in [-0.39, 0.29) is 12.5 Å². The van der Waals surface area contributed by atoms with E-state index in [0.717, 1.165) is 11.4 Å². The van der Waals surface area contributed by atoms with Crippen molar-refractivity contribution in [1.82, 2.24) is 4.98 Å². The molecule has 0 saturated carbocycles. The Kier molecular flexibility index (Phi) is 3.20. The Labute approximate surface area is 121 Å². The van der Waals surface area contributed by atoms with Gasteiger partial charge in [0, 0.05) is 0 Å². The van der Waals surface area contributed by atoms with Gasteiger partial charge in [-0.25, -0.2) is 4.98 Å². The van der Waals surface area contributed by atoms with E-state index in [1.807, 2.05) is 29.2 Å². The predicted molar refractivity (Wildman–Crippen MR) is 79.8 cm³/mol. The van der Waals surface area contributed by atoms with Crippen LogP contribution in [-0.2, 0) is 11.3 Å². The number of carbonyl (C=O) groups excluding carboxylic acids is 1. The lowest BCUT2D eigenvalue weighted by Crippen LogP contribution is -2.37. The summed E-state index contributed by atoms with van der Waals surface area (Å²) in [5.41, 5.74) is 8.10. The van der Waals surface area contributed by atoms with E-state index in [2.05, 4.69) is 10.3 Å². The highest BCUT2D eigenvalue weighted by Crippen LogP contribution is 2.30. The molecule has 6 heteroatoms. The van der Waals surface area contributed by atoms with Gasteiger partial charge in [-0.05, 0) is 24.3 Å². The van der Waals surface area contributed by atoms with Crippen LogP contribution >= 0.6 is 11.6 Å². The van der Waals surface area contributed by atoms with Crippen molar-refractivity contribution < 1.29 is 4.79 Å². The van der Waals surface area contributed by atoms with E-state index < -0.39 is 0 Å². The first-order valence-electron chi connectivity index (χ1n) is 6.18. The molecule has 2 aromatic rings. The molecule has 20 heavy (non-hydrogen) atoms. The van der Waals surface area contributed by atoms with Crippen molar-refractivity contribution in [3.05, 3.63) is 47.1 Å². The zero-order chi connectivity index (χ0) is 14.1. The third-order valence-electron chi connectivity index (χ3n) is 3.13. The maximum absolute atomic E-state index is 11.7. The van der Waals surface area contributed by atoms with Crippen LogP contribution in [0.4, 0.5) is 17.2 Å². The van der Waals surface area contributed by atoms with E-state index in [1.54, 1.807) is 12.1 Å². The molecular weight excluding hydrogens is 276 g/mol. The molecular formula is C14H13ClN4O. The summed E-state index contributed by atoms with van der Waals surface area (Å²) >= 11 is 6.13. The minimum Gasteiger partial charge on any atom is -0.384 e. The third kappa shape index (κ3) is 2.40. The minimum absolute atomic E-state index is 0.0521. The van der Waals surface area contributed by atoms with Crippen molar-refractivity contribution >= 4 is 34.7 Å². The van der Waals surface area contributed by atoms with Crippen LogP contribution in [0.3, 0.4) is 0 Å². The van der Waals surface area contributed by atoms with E-state index >= 15 is 0 Å². The number of rotatable bonds is 2. The summed E-state index contributed by atoms with van der Waals surface area (Å²) in [7, 11) is 0. The Morgan fingerprint density at radius 2 is 2.10 bits per heavy atom. The van der Waals surface area contributed by atoms with Gasteiger partial charge in [-0.1, -0.05) is 23.7 Å². The second-order valence-electron chi connectivity index (χ2n) is 4.59. The number of halogens is 1. The molecule has 3 rings (SSSR count). The molecule has 0 fully saturated rings. The molecule has 1 amide bonds. The van der Waals surface area contributed by atoms with Gasteiger partial charge in [-0.2, -0.15) is 0 Å². The summed E-state index contributed by atoms with van der Waals surface area (Å²) in [6.07, 6.45) is 0. The van der Waals surface area contributed by atoms with E-state index in [4.69, 9.17) is 17.3 Å². The fourth-order valence-electron chi connectivity index (χ4n) is 2.24. The second-order valence-corrected chi connectivity index (χ2v) is 4.99. The van der Waals surface area contributed by atoms with Gasteiger partial charge in [0.05, 0.1) is 35.2 Å². The monoisotopic (exact) mass is 288 g/mol. The topological polar surface area (TPSA) is 71.2 Å². The van der Waals surface area contributed by atoms with Gasteiger partial charge in [0.2, 0.25) is 5.91 Å². The van der Waals surface area contributed by atoms with Crippen LogP contribution in [-0.4, -0.2) is 17.4 Å². The van der Waals surface area contributed by atoms with Crippen LogP contribution in [0, 0.1) is 0 Å². The maximum atomic E-state index is 11.7. The van der Waals surface area contributed by atoms with Crippen molar-refractivity contribution in [2.75, 3.05) is 22.5 Å². The Morgan fingerprint density at radius 3 is 2.95 bits per heavy atom. The number of para-hydroxylation sites is 2.